The average molecular weight is 499 g/mol. The molecular weight excluding hydrogens is 464 g/mol. The maximum Gasteiger partial charge on any atom is 0.330 e. The standard InChI is InChI=1S/C31H34N2O4/c1-32(2)28-14-12-26(13-15-28)25-10-7-24(8-11-25)22-33(31(35)27-17-19-37-20-18-27)29-6-4-5-23(21-29)9-16-30(34)36-3/h4-16,21,27H,17-20,22H2,1-3H3/b16-9+. The molecule has 1 heterocycles. The van der Waals surface area contributed by atoms with Crippen LogP contribution in [0.25, 0.3) is 17.2 Å². The van der Waals surface area contributed by atoms with Gasteiger partial charge in [-0.25, -0.2) is 4.79 Å². The molecule has 0 aromatic heterocycles. The first-order valence-electron chi connectivity index (χ1n) is 12.6. The van der Waals surface area contributed by atoms with Crippen LogP contribution in [0.15, 0.2) is 78.9 Å². The zero-order valence-corrected chi connectivity index (χ0v) is 21.7. The summed E-state index contributed by atoms with van der Waals surface area (Å²) >= 11 is 0. The fourth-order valence-corrected chi connectivity index (χ4v) is 4.43. The van der Waals surface area contributed by atoms with Gasteiger partial charge in [0.1, 0.15) is 0 Å². The van der Waals surface area contributed by atoms with Gasteiger partial charge in [0.2, 0.25) is 5.91 Å². The van der Waals surface area contributed by atoms with E-state index in [2.05, 4.69) is 53.4 Å². The van der Waals surface area contributed by atoms with Crippen molar-refractivity contribution in [2.24, 2.45) is 5.92 Å². The average Bonchev–Trinajstić information content (AvgIpc) is 2.95. The molecule has 1 amide bonds. The molecule has 192 valence electrons. The SMILES string of the molecule is COC(=O)/C=C/c1cccc(N(Cc2ccc(-c3ccc(N(C)C)cc3)cc2)C(=O)C2CCOCC2)c1. The maximum absolute atomic E-state index is 13.7. The molecule has 0 saturated carbocycles. The first-order chi connectivity index (χ1) is 17.9. The Morgan fingerprint density at radius 1 is 0.919 bits per heavy atom. The van der Waals surface area contributed by atoms with Crippen LogP contribution in [-0.2, 0) is 25.6 Å². The third-order valence-corrected chi connectivity index (χ3v) is 6.64. The van der Waals surface area contributed by atoms with Crippen molar-refractivity contribution < 1.29 is 19.1 Å². The van der Waals surface area contributed by atoms with Crippen molar-refractivity contribution in [3.05, 3.63) is 90.0 Å². The molecule has 0 atom stereocenters. The van der Waals surface area contributed by atoms with Crippen LogP contribution in [0.3, 0.4) is 0 Å². The topological polar surface area (TPSA) is 59.1 Å². The lowest BCUT2D eigenvalue weighted by atomic mass is 9.97. The molecule has 0 N–H and O–H groups in total. The first kappa shape index (κ1) is 26.2. The van der Waals surface area contributed by atoms with Crippen LogP contribution in [0.4, 0.5) is 11.4 Å². The Morgan fingerprint density at radius 3 is 2.19 bits per heavy atom. The van der Waals surface area contributed by atoms with Crippen LogP contribution < -0.4 is 9.80 Å². The van der Waals surface area contributed by atoms with Crippen molar-refractivity contribution in [3.63, 3.8) is 0 Å². The summed E-state index contributed by atoms with van der Waals surface area (Å²) in [7, 11) is 5.41. The number of rotatable bonds is 8. The quantitative estimate of drug-likeness (QED) is 0.300. The van der Waals surface area contributed by atoms with E-state index in [-0.39, 0.29) is 11.8 Å². The van der Waals surface area contributed by atoms with E-state index >= 15 is 0 Å². The molecular formula is C31H34N2O4. The Hall–Kier alpha value is -3.90. The second-order valence-electron chi connectivity index (χ2n) is 9.40. The fraction of sp³-hybridized carbons (Fsp3) is 0.290. The number of hydrogen-bond acceptors (Lipinski definition) is 5. The minimum atomic E-state index is -0.419. The highest BCUT2D eigenvalue weighted by molar-refractivity contribution is 5.95. The molecule has 6 heteroatoms. The number of carbonyl (C=O) groups excluding carboxylic acids is 2. The van der Waals surface area contributed by atoms with E-state index in [0.717, 1.165) is 46.5 Å². The van der Waals surface area contributed by atoms with Crippen molar-refractivity contribution in [2.75, 3.05) is 44.2 Å². The summed E-state index contributed by atoms with van der Waals surface area (Å²) in [4.78, 5) is 29.2. The van der Waals surface area contributed by atoms with Gasteiger partial charge in [-0.2, -0.15) is 0 Å². The summed E-state index contributed by atoms with van der Waals surface area (Å²) in [5.74, 6) is -0.393. The summed E-state index contributed by atoms with van der Waals surface area (Å²) in [5, 5.41) is 0. The number of methoxy groups -OCH3 is 1. The molecule has 0 bridgehead atoms. The van der Waals surface area contributed by atoms with E-state index in [4.69, 9.17) is 9.47 Å². The summed E-state index contributed by atoms with van der Waals surface area (Å²) in [6, 6.07) is 24.5. The summed E-state index contributed by atoms with van der Waals surface area (Å²) in [5.41, 5.74) is 6.11. The van der Waals surface area contributed by atoms with Crippen LogP contribution in [0.5, 0.6) is 0 Å². The number of hydrogen-bond donors (Lipinski definition) is 0. The zero-order valence-electron chi connectivity index (χ0n) is 21.7. The van der Waals surface area contributed by atoms with Gasteiger partial charge in [-0.3, -0.25) is 4.79 Å². The predicted octanol–water partition coefficient (Wildman–Crippen LogP) is 5.57. The number of esters is 1. The second kappa shape index (κ2) is 12.4. The zero-order chi connectivity index (χ0) is 26.2. The fourth-order valence-electron chi connectivity index (χ4n) is 4.43. The Balaban J connectivity index is 1.58. The van der Waals surface area contributed by atoms with Crippen molar-refractivity contribution in [1.29, 1.82) is 0 Å². The van der Waals surface area contributed by atoms with Gasteiger partial charge in [0.25, 0.3) is 0 Å². The molecule has 37 heavy (non-hydrogen) atoms. The van der Waals surface area contributed by atoms with E-state index in [1.165, 1.54) is 13.2 Å². The van der Waals surface area contributed by atoms with E-state index in [1.54, 1.807) is 6.08 Å². The molecule has 3 aromatic rings. The summed E-state index contributed by atoms with van der Waals surface area (Å²) in [6.45, 7) is 1.67. The highest BCUT2D eigenvalue weighted by Crippen LogP contribution is 2.27. The molecule has 0 aliphatic carbocycles. The van der Waals surface area contributed by atoms with Gasteiger partial charge in [-0.1, -0.05) is 48.5 Å². The summed E-state index contributed by atoms with van der Waals surface area (Å²) < 4.78 is 10.2. The number of anilines is 2. The molecule has 1 aliphatic rings. The van der Waals surface area contributed by atoms with Gasteiger partial charge in [-0.15, -0.1) is 0 Å². The van der Waals surface area contributed by atoms with Crippen LogP contribution in [0.2, 0.25) is 0 Å². The predicted molar refractivity (Wildman–Crippen MR) is 148 cm³/mol. The first-order valence-corrected chi connectivity index (χ1v) is 12.6. The number of nitrogens with zero attached hydrogens (tertiary/aromatic N) is 2. The molecule has 3 aromatic carbocycles. The van der Waals surface area contributed by atoms with Gasteiger partial charge < -0.3 is 19.3 Å². The lowest BCUT2D eigenvalue weighted by Crippen LogP contribution is -2.38. The van der Waals surface area contributed by atoms with Crippen LogP contribution in [0, 0.1) is 5.92 Å². The number of benzene rings is 3. The van der Waals surface area contributed by atoms with Gasteiger partial charge in [-0.05, 0) is 65.4 Å². The monoisotopic (exact) mass is 498 g/mol. The van der Waals surface area contributed by atoms with Gasteiger partial charge in [0.15, 0.2) is 0 Å². The minimum Gasteiger partial charge on any atom is -0.466 e. The second-order valence-corrected chi connectivity index (χ2v) is 9.40. The lowest BCUT2D eigenvalue weighted by Gasteiger charge is -2.30. The smallest absolute Gasteiger partial charge is 0.330 e. The van der Waals surface area contributed by atoms with Crippen LogP contribution in [-0.4, -0.2) is 46.3 Å². The molecule has 4 rings (SSSR count). The Kier molecular flexibility index (Phi) is 8.75. The normalized spacial score (nSPS) is 13.9. The molecule has 1 fully saturated rings. The van der Waals surface area contributed by atoms with E-state index in [1.807, 2.05) is 43.3 Å². The van der Waals surface area contributed by atoms with E-state index in [0.29, 0.717) is 19.8 Å². The summed E-state index contributed by atoms with van der Waals surface area (Å²) in [6.07, 6.45) is 4.52. The Bertz CT molecular complexity index is 1230. The Labute approximate surface area is 219 Å². The molecule has 0 radical (unpaired) electrons. The molecule has 0 unspecified atom stereocenters. The lowest BCUT2D eigenvalue weighted by molar-refractivity contribution is -0.134. The van der Waals surface area contributed by atoms with Gasteiger partial charge in [0, 0.05) is 50.7 Å². The molecule has 1 aliphatic heterocycles. The van der Waals surface area contributed by atoms with Crippen LogP contribution in [0.1, 0.15) is 24.0 Å². The highest BCUT2D eigenvalue weighted by Gasteiger charge is 2.27. The van der Waals surface area contributed by atoms with Crippen molar-refractivity contribution in [2.45, 2.75) is 19.4 Å². The molecule has 0 spiro atoms. The third kappa shape index (κ3) is 6.86. The highest BCUT2D eigenvalue weighted by atomic mass is 16.5. The van der Waals surface area contributed by atoms with E-state index in [9.17, 15) is 9.59 Å². The number of amides is 1. The van der Waals surface area contributed by atoms with E-state index < -0.39 is 5.97 Å². The Morgan fingerprint density at radius 2 is 1.57 bits per heavy atom. The van der Waals surface area contributed by atoms with Crippen LogP contribution >= 0.6 is 0 Å². The van der Waals surface area contributed by atoms with Gasteiger partial charge in [0.05, 0.1) is 13.7 Å². The number of ether oxygens (including phenoxy) is 2. The van der Waals surface area contributed by atoms with Crippen molar-refractivity contribution in [1.82, 2.24) is 0 Å². The minimum absolute atomic E-state index is 0.0718. The van der Waals surface area contributed by atoms with Crippen molar-refractivity contribution >= 4 is 29.3 Å². The number of carbonyl (C=O) groups is 2. The maximum atomic E-state index is 13.7. The molecule has 1 saturated heterocycles. The largest absolute Gasteiger partial charge is 0.466 e. The molecule has 6 nitrogen and oxygen atoms in total. The van der Waals surface area contributed by atoms with Crippen molar-refractivity contribution in [3.8, 4) is 11.1 Å². The third-order valence-electron chi connectivity index (χ3n) is 6.64. The van der Waals surface area contributed by atoms with Gasteiger partial charge >= 0.3 is 5.97 Å².